The van der Waals surface area contributed by atoms with E-state index in [4.69, 9.17) is 5.26 Å². The van der Waals surface area contributed by atoms with Crippen molar-refractivity contribution in [3.8, 4) is 6.07 Å². The Morgan fingerprint density at radius 1 is 1.14 bits per heavy atom. The summed E-state index contributed by atoms with van der Waals surface area (Å²) in [6, 6.07) is 20.3. The summed E-state index contributed by atoms with van der Waals surface area (Å²) in [4.78, 5) is 13.2. The topological polar surface area (TPSA) is 82.7 Å². The van der Waals surface area contributed by atoms with E-state index in [1.54, 1.807) is 12.1 Å². The van der Waals surface area contributed by atoms with Crippen molar-refractivity contribution in [2.45, 2.75) is 19.9 Å². The summed E-state index contributed by atoms with van der Waals surface area (Å²) in [5, 5.41) is 20.0. The van der Waals surface area contributed by atoms with Crippen molar-refractivity contribution in [3.63, 3.8) is 0 Å². The molecule has 1 amide bonds. The Balaban J connectivity index is 1.79. The molecule has 0 radical (unpaired) electrons. The molecule has 1 aromatic heterocycles. The molecule has 2 N–H and O–H groups in total. The maximum Gasteiger partial charge on any atom is 0.255 e. The van der Waals surface area contributed by atoms with Gasteiger partial charge in [-0.1, -0.05) is 30.3 Å². The number of hydrogen-bond donors (Lipinski definition) is 2. The van der Waals surface area contributed by atoms with Crippen LogP contribution in [0.2, 0.25) is 0 Å². The zero-order valence-corrected chi connectivity index (χ0v) is 15.6. The monoisotopic (exact) mass is 369 g/mol. The van der Waals surface area contributed by atoms with Crippen molar-refractivity contribution in [2.75, 3.05) is 10.6 Å². The number of allylic oxidation sites excluding steroid dienone is 1. The molecule has 6 heteroatoms. The van der Waals surface area contributed by atoms with E-state index in [1.807, 2.05) is 67.1 Å². The van der Waals surface area contributed by atoms with Crippen molar-refractivity contribution >= 4 is 17.4 Å². The van der Waals surface area contributed by atoms with Crippen LogP contribution in [-0.4, -0.2) is 15.7 Å². The summed E-state index contributed by atoms with van der Waals surface area (Å²) >= 11 is 0. The number of amides is 1. The number of para-hydroxylation sites is 1. The van der Waals surface area contributed by atoms with Gasteiger partial charge >= 0.3 is 0 Å². The Bertz CT molecular complexity index is 1100. The van der Waals surface area contributed by atoms with Gasteiger partial charge in [-0.05, 0) is 43.7 Å². The number of benzene rings is 2. The van der Waals surface area contributed by atoms with E-state index in [2.05, 4.69) is 21.8 Å². The molecule has 0 unspecified atom stereocenters. The summed E-state index contributed by atoms with van der Waals surface area (Å²) in [5.41, 5.74) is 4.42. The van der Waals surface area contributed by atoms with E-state index >= 15 is 0 Å². The minimum absolute atomic E-state index is 0.190. The lowest BCUT2D eigenvalue weighted by Gasteiger charge is -2.29. The fraction of sp³-hybridized carbons (Fsp3) is 0.136. The lowest BCUT2D eigenvalue weighted by Crippen LogP contribution is -2.31. The van der Waals surface area contributed by atoms with Gasteiger partial charge in [-0.3, -0.25) is 4.79 Å². The van der Waals surface area contributed by atoms with Crippen LogP contribution in [-0.2, 0) is 4.79 Å². The summed E-state index contributed by atoms with van der Waals surface area (Å²) in [6.45, 7) is 3.81. The summed E-state index contributed by atoms with van der Waals surface area (Å²) in [6.07, 6.45) is 0. The molecule has 28 heavy (non-hydrogen) atoms. The molecule has 0 aliphatic carbocycles. The lowest BCUT2D eigenvalue weighted by atomic mass is 9.94. The van der Waals surface area contributed by atoms with E-state index in [9.17, 15) is 4.79 Å². The molecule has 2 heterocycles. The highest BCUT2D eigenvalue weighted by Gasteiger charge is 2.33. The van der Waals surface area contributed by atoms with Gasteiger partial charge in [0.15, 0.2) is 0 Å². The molecule has 1 aliphatic rings. The van der Waals surface area contributed by atoms with Crippen LogP contribution in [0.4, 0.5) is 11.5 Å². The Morgan fingerprint density at radius 2 is 1.86 bits per heavy atom. The average molecular weight is 369 g/mol. The fourth-order valence-corrected chi connectivity index (χ4v) is 3.46. The summed E-state index contributed by atoms with van der Waals surface area (Å²) < 4.78 is 1.82. The van der Waals surface area contributed by atoms with Gasteiger partial charge in [0, 0.05) is 17.5 Å². The van der Waals surface area contributed by atoms with Crippen LogP contribution in [0, 0.1) is 18.3 Å². The summed E-state index contributed by atoms with van der Waals surface area (Å²) in [5.74, 6) is 0.644. The highest BCUT2D eigenvalue weighted by Crippen LogP contribution is 2.36. The first kappa shape index (κ1) is 17.6. The van der Waals surface area contributed by atoms with Gasteiger partial charge in [-0.15, -0.1) is 0 Å². The molecular weight excluding hydrogens is 350 g/mol. The normalized spacial score (nSPS) is 15.4. The Kier molecular flexibility index (Phi) is 4.42. The van der Waals surface area contributed by atoms with Gasteiger partial charge in [0.05, 0.1) is 22.9 Å². The Labute approximate surface area is 163 Å². The van der Waals surface area contributed by atoms with E-state index < -0.39 is 0 Å². The van der Waals surface area contributed by atoms with Gasteiger partial charge in [0.25, 0.3) is 5.91 Å². The second kappa shape index (κ2) is 7.05. The van der Waals surface area contributed by atoms with Gasteiger partial charge in [0.2, 0.25) is 0 Å². The first-order valence-electron chi connectivity index (χ1n) is 8.97. The number of rotatable bonds is 3. The number of fused-ring (bicyclic) bond motifs is 1. The molecule has 2 aromatic carbocycles. The van der Waals surface area contributed by atoms with Crippen LogP contribution < -0.4 is 10.6 Å². The highest BCUT2D eigenvalue weighted by atomic mass is 16.1. The fourth-order valence-electron chi connectivity index (χ4n) is 3.46. The number of nitrogens with one attached hydrogen (secondary N) is 2. The molecule has 1 aliphatic heterocycles. The average Bonchev–Trinajstić information content (AvgIpc) is 3.07. The number of nitrogens with zero attached hydrogens (tertiary/aromatic N) is 3. The molecule has 0 spiro atoms. The molecule has 3 aromatic rings. The zero-order valence-electron chi connectivity index (χ0n) is 15.6. The van der Waals surface area contributed by atoms with Crippen LogP contribution >= 0.6 is 0 Å². The lowest BCUT2D eigenvalue weighted by molar-refractivity contribution is -0.113. The van der Waals surface area contributed by atoms with Crippen molar-refractivity contribution < 1.29 is 4.79 Å². The standard InChI is InChI=1S/C22H19N5O/c1-14-12-19-24-15(2)20(22(28)25-18-6-4-3-5-7-18)21(27(19)26-14)17-10-8-16(13-23)9-11-17/h3-12,21,24H,1-2H3,(H,25,28)/t21-/m1/s1. The molecule has 6 nitrogen and oxygen atoms in total. The SMILES string of the molecule is CC1=C(C(=O)Nc2ccccc2)[C@@H](c2ccc(C#N)cc2)n2nc(C)cc2N1. The minimum Gasteiger partial charge on any atom is -0.344 e. The smallest absolute Gasteiger partial charge is 0.255 e. The van der Waals surface area contributed by atoms with E-state index in [1.165, 1.54) is 0 Å². The van der Waals surface area contributed by atoms with Gasteiger partial charge < -0.3 is 10.6 Å². The van der Waals surface area contributed by atoms with E-state index in [0.717, 1.165) is 28.5 Å². The van der Waals surface area contributed by atoms with Gasteiger partial charge in [-0.25, -0.2) is 4.68 Å². The second-order valence-electron chi connectivity index (χ2n) is 6.74. The largest absolute Gasteiger partial charge is 0.344 e. The predicted octanol–water partition coefficient (Wildman–Crippen LogP) is 3.99. The number of nitriles is 1. The van der Waals surface area contributed by atoms with Gasteiger partial charge in [-0.2, -0.15) is 10.4 Å². The van der Waals surface area contributed by atoms with Crippen LogP contribution in [0.3, 0.4) is 0 Å². The molecule has 138 valence electrons. The number of carbonyl (C=O) groups excluding carboxylic acids is 1. The molecule has 0 saturated carbocycles. The molecule has 0 saturated heterocycles. The number of carbonyl (C=O) groups is 1. The third-order valence-electron chi connectivity index (χ3n) is 4.73. The molecule has 0 bridgehead atoms. The number of aryl methyl sites for hydroxylation is 1. The third kappa shape index (κ3) is 3.14. The first-order chi connectivity index (χ1) is 13.6. The van der Waals surface area contributed by atoms with Crippen molar-refractivity contribution in [1.29, 1.82) is 5.26 Å². The molecule has 4 rings (SSSR count). The van der Waals surface area contributed by atoms with Gasteiger partial charge in [0.1, 0.15) is 11.9 Å². The van der Waals surface area contributed by atoms with Crippen molar-refractivity contribution in [1.82, 2.24) is 9.78 Å². The third-order valence-corrected chi connectivity index (χ3v) is 4.73. The highest BCUT2D eigenvalue weighted by molar-refractivity contribution is 6.06. The number of aromatic nitrogens is 2. The predicted molar refractivity (Wildman–Crippen MR) is 108 cm³/mol. The maximum atomic E-state index is 13.2. The maximum absolute atomic E-state index is 13.2. The summed E-state index contributed by atoms with van der Waals surface area (Å²) in [7, 11) is 0. The Morgan fingerprint density at radius 3 is 2.54 bits per heavy atom. The van der Waals surface area contributed by atoms with Crippen LogP contribution in [0.1, 0.15) is 29.8 Å². The molecule has 0 fully saturated rings. The number of hydrogen-bond acceptors (Lipinski definition) is 4. The quantitative estimate of drug-likeness (QED) is 0.731. The minimum atomic E-state index is -0.388. The number of anilines is 2. The van der Waals surface area contributed by atoms with E-state index in [-0.39, 0.29) is 11.9 Å². The first-order valence-corrected chi connectivity index (χ1v) is 8.97. The molecule has 1 atom stereocenters. The second-order valence-corrected chi connectivity index (χ2v) is 6.74. The van der Waals surface area contributed by atoms with Crippen LogP contribution in [0.5, 0.6) is 0 Å². The van der Waals surface area contributed by atoms with Crippen molar-refractivity contribution in [2.24, 2.45) is 0 Å². The zero-order chi connectivity index (χ0) is 19.7. The molecular formula is C22H19N5O. The Hall–Kier alpha value is -3.85. The van der Waals surface area contributed by atoms with Crippen LogP contribution in [0.25, 0.3) is 0 Å². The van der Waals surface area contributed by atoms with Crippen molar-refractivity contribution in [3.05, 3.63) is 88.8 Å². The van der Waals surface area contributed by atoms with E-state index in [0.29, 0.717) is 11.1 Å². The van der Waals surface area contributed by atoms with Crippen LogP contribution in [0.15, 0.2) is 71.9 Å².